The minimum Gasteiger partial charge on any atom is -0.394 e. The molecule has 9 heteroatoms. The largest absolute Gasteiger partial charge is 0.394 e. The molecule has 0 aliphatic carbocycles. The van der Waals surface area contributed by atoms with Crippen molar-refractivity contribution in [2.24, 2.45) is 0 Å². The minimum absolute atomic E-state index is 0.148. The minimum atomic E-state index is -0.870. The van der Waals surface area contributed by atoms with Gasteiger partial charge in [0, 0.05) is 25.0 Å². The first-order chi connectivity index (χ1) is 10.1. The number of imidazole rings is 1. The van der Waals surface area contributed by atoms with Crippen LogP contribution in [0.2, 0.25) is 0 Å². The third kappa shape index (κ3) is 2.42. The Balaban J connectivity index is 2.02. The van der Waals surface area contributed by atoms with Gasteiger partial charge in [-0.15, -0.1) is 0 Å². The predicted octanol–water partition coefficient (Wildman–Crippen LogP) is -1.43. The molecule has 112 valence electrons. The Morgan fingerprint density at radius 2 is 2.29 bits per heavy atom. The standard InChI is InChI=1S/C12H14N4O5/c17-5-8-7(18)3-9(21-8)16-4-6(10-13-1-2-14-10)11(19)15-12(16)20/h1-2,4,7-9,17-18H,3,5H2,(H,13,14)(H,15,19,20)/t7-,8+,9+/m0/s1. The predicted molar refractivity (Wildman–Crippen MR) is 70.5 cm³/mol. The molecule has 21 heavy (non-hydrogen) atoms. The van der Waals surface area contributed by atoms with Crippen LogP contribution in [0, 0.1) is 0 Å². The zero-order chi connectivity index (χ0) is 15.0. The molecule has 0 spiro atoms. The summed E-state index contributed by atoms with van der Waals surface area (Å²) >= 11 is 0. The molecule has 4 N–H and O–H groups in total. The molecule has 0 radical (unpaired) electrons. The van der Waals surface area contributed by atoms with Crippen molar-refractivity contribution in [2.45, 2.75) is 24.9 Å². The van der Waals surface area contributed by atoms with Crippen LogP contribution in [0.25, 0.3) is 11.4 Å². The molecule has 3 heterocycles. The van der Waals surface area contributed by atoms with E-state index in [1.54, 1.807) is 6.20 Å². The van der Waals surface area contributed by atoms with Gasteiger partial charge < -0.3 is 19.9 Å². The summed E-state index contributed by atoms with van der Waals surface area (Å²) in [6.45, 7) is -0.346. The molecule has 9 nitrogen and oxygen atoms in total. The summed E-state index contributed by atoms with van der Waals surface area (Å²) in [6, 6.07) is 0. The number of H-pyrrole nitrogens is 2. The van der Waals surface area contributed by atoms with Crippen LogP contribution < -0.4 is 11.2 Å². The molecule has 0 saturated carbocycles. The molecule has 3 rings (SSSR count). The third-order valence-corrected chi connectivity index (χ3v) is 3.42. The Bertz CT molecular complexity index is 735. The summed E-state index contributed by atoms with van der Waals surface area (Å²) in [6.07, 6.45) is 2.15. The molecule has 2 aromatic rings. The van der Waals surface area contributed by atoms with Gasteiger partial charge in [0.2, 0.25) is 0 Å². The second-order valence-electron chi connectivity index (χ2n) is 4.76. The molecule has 0 amide bonds. The van der Waals surface area contributed by atoms with Crippen molar-refractivity contribution in [3.63, 3.8) is 0 Å². The van der Waals surface area contributed by atoms with Gasteiger partial charge in [-0.3, -0.25) is 14.3 Å². The first-order valence-corrected chi connectivity index (χ1v) is 6.39. The molecule has 3 atom stereocenters. The highest BCUT2D eigenvalue weighted by Gasteiger charge is 2.35. The summed E-state index contributed by atoms with van der Waals surface area (Å²) < 4.78 is 6.59. The van der Waals surface area contributed by atoms with Crippen molar-refractivity contribution in [3.8, 4) is 11.4 Å². The lowest BCUT2D eigenvalue weighted by Crippen LogP contribution is -2.33. The number of nitrogens with one attached hydrogen (secondary N) is 2. The average Bonchev–Trinajstić information content (AvgIpc) is 3.08. The summed E-state index contributed by atoms with van der Waals surface area (Å²) in [5, 5.41) is 18.8. The van der Waals surface area contributed by atoms with Gasteiger partial charge in [-0.05, 0) is 0 Å². The van der Waals surface area contributed by atoms with E-state index >= 15 is 0 Å². The maximum Gasteiger partial charge on any atom is 0.330 e. The monoisotopic (exact) mass is 294 g/mol. The van der Waals surface area contributed by atoms with Crippen molar-refractivity contribution >= 4 is 0 Å². The first kappa shape index (κ1) is 13.7. The van der Waals surface area contributed by atoms with Crippen LogP contribution in [0.3, 0.4) is 0 Å². The van der Waals surface area contributed by atoms with Gasteiger partial charge in [-0.25, -0.2) is 9.78 Å². The van der Waals surface area contributed by atoms with E-state index in [2.05, 4.69) is 15.0 Å². The fraction of sp³-hybridized carbons (Fsp3) is 0.417. The molecule has 1 aliphatic rings. The van der Waals surface area contributed by atoms with Crippen molar-refractivity contribution in [1.29, 1.82) is 0 Å². The lowest BCUT2D eigenvalue weighted by molar-refractivity contribution is -0.0458. The second kappa shape index (κ2) is 5.28. The summed E-state index contributed by atoms with van der Waals surface area (Å²) in [5.41, 5.74) is -1.03. The van der Waals surface area contributed by atoms with Crippen molar-refractivity contribution in [1.82, 2.24) is 19.5 Å². The van der Waals surface area contributed by atoms with Gasteiger partial charge in [0.1, 0.15) is 18.2 Å². The van der Waals surface area contributed by atoms with E-state index in [0.29, 0.717) is 5.82 Å². The van der Waals surface area contributed by atoms with Gasteiger partial charge in [-0.1, -0.05) is 0 Å². The van der Waals surface area contributed by atoms with Gasteiger partial charge in [0.25, 0.3) is 5.56 Å². The van der Waals surface area contributed by atoms with Gasteiger partial charge in [0.15, 0.2) is 0 Å². The molecular weight excluding hydrogens is 280 g/mol. The Kier molecular flexibility index (Phi) is 3.45. The number of aromatic nitrogens is 4. The Morgan fingerprint density at radius 3 is 2.90 bits per heavy atom. The van der Waals surface area contributed by atoms with Crippen molar-refractivity contribution < 1.29 is 14.9 Å². The maximum atomic E-state index is 11.9. The van der Waals surface area contributed by atoms with Crippen LogP contribution in [0.1, 0.15) is 12.6 Å². The lowest BCUT2D eigenvalue weighted by atomic mass is 10.2. The average molecular weight is 294 g/mol. The number of rotatable bonds is 3. The molecule has 2 aromatic heterocycles. The quantitative estimate of drug-likeness (QED) is 0.548. The van der Waals surface area contributed by atoms with E-state index < -0.39 is 29.7 Å². The zero-order valence-corrected chi connectivity index (χ0v) is 10.9. The van der Waals surface area contributed by atoms with E-state index in [-0.39, 0.29) is 18.6 Å². The highest BCUT2D eigenvalue weighted by Crippen LogP contribution is 2.27. The van der Waals surface area contributed by atoms with Crippen LogP contribution in [-0.2, 0) is 4.74 Å². The number of nitrogens with zero attached hydrogens (tertiary/aromatic N) is 2. The summed E-state index contributed by atoms with van der Waals surface area (Å²) in [4.78, 5) is 32.7. The smallest absolute Gasteiger partial charge is 0.330 e. The zero-order valence-electron chi connectivity index (χ0n) is 10.9. The van der Waals surface area contributed by atoms with Crippen molar-refractivity contribution in [2.75, 3.05) is 6.61 Å². The Hall–Kier alpha value is -2.23. The summed E-state index contributed by atoms with van der Waals surface area (Å²) in [7, 11) is 0. The van der Waals surface area contributed by atoms with Gasteiger partial charge >= 0.3 is 5.69 Å². The number of ether oxygens (including phenoxy) is 1. The molecule has 0 unspecified atom stereocenters. The van der Waals surface area contributed by atoms with Crippen LogP contribution in [-0.4, -0.2) is 48.5 Å². The van der Waals surface area contributed by atoms with Crippen LogP contribution >= 0.6 is 0 Å². The molecule has 1 fully saturated rings. The second-order valence-corrected chi connectivity index (χ2v) is 4.76. The Labute approximate surface area is 117 Å². The van der Waals surface area contributed by atoms with E-state index in [0.717, 1.165) is 0 Å². The van der Waals surface area contributed by atoms with E-state index in [9.17, 15) is 14.7 Å². The number of aliphatic hydroxyl groups is 2. The fourth-order valence-corrected chi connectivity index (χ4v) is 2.33. The van der Waals surface area contributed by atoms with Crippen LogP contribution in [0.4, 0.5) is 0 Å². The number of hydrogen-bond acceptors (Lipinski definition) is 6. The molecule has 0 bridgehead atoms. The van der Waals surface area contributed by atoms with Crippen LogP contribution in [0.15, 0.2) is 28.2 Å². The number of aliphatic hydroxyl groups excluding tert-OH is 2. The molecule has 1 saturated heterocycles. The summed E-state index contributed by atoms with van der Waals surface area (Å²) in [5.74, 6) is 0.322. The third-order valence-electron chi connectivity index (χ3n) is 3.42. The van der Waals surface area contributed by atoms with E-state index in [4.69, 9.17) is 9.84 Å². The molecule has 1 aliphatic heterocycles. The number of aromatic amines is 2. The van der Waals surface area contributed by atoms with E-state index in [1.165, 1.54) is 17.0 Å². The van der Waals surface area contributed by atoms with Crippen molar-refractivity contribution in [3.05, 3.63) is 39.4 Å². The Morgan fingerprint density at radius 1 is 1.48 bits per heavy atom. The van der Waals surface area contributed by atoms with E-state index in [1.807, 2.05) is 0 Å². The number of hydrogen-bond donors (Lipinski definition) is 4. The van der Waals surface area contributed by atoms with Crippen LogP contribution in [0.5, 0.6) is 0 Å². The SMILES string of the molecule is O=c1[nH]c(=O)n([C@H]2C[C@H](O)[C@@H](CO)O2)cc1-c1ncc[nH]1. The normalized spacial score (nSPS) is 25.3. The molecule has 0 aromatic carbocycles. The fourth-order valence-electron chi connectivity index (χ4n) is 2.33. The maximum absolute atomic E-state index is 11.9. The topological polar surface area (TPSA) is 133 Å². The highest BCUT2D eigenvalue weighted by atomic mass is 16.5. The van der Waals surface area contributed by atoms with Gasteiger partial charge in [0.05, 0.1) is 18.3 Å². The highest BCUT2D eigenvalue weighted by molar-refractivity contribution is 5.51. The van der Waals surface area contributed by atoms with Gasteiger partial charge in [-0.2, -0.15) is 0 Å². The first-order valence-electron chi connectivity index (χ1n) is 6.39. The molecular formula is C12H14N4O5. The lowest BCUT2D eigenvalue weighted by Gasteiger charge is -2.14.